The van der Waals surface area contributed by atoms with Crippen LogP contribution in [0.4, 0.5) is 0 Å². The van der Waals surface area contributed by atoms with Gasteiger partial charge in [0.1, 0.15) is 0 Å². The fourth-order valence-electron chi connectivity index (χ4n) is 0.956. The molecule has 1 heterocycles. The van der Waals surface area contributed by atoms with Gasteiger partial charge in [-0.2, -0.15) is 0 Å². The smallest absolute Gasteiger partial charge is 0.0636 e. The normalized spacial score (nSPS) is 10.2. The van der Waals surface area contributed by atoms with E-state index in [9.17, 15) is 0 Å². The molecular weight excluding hydrogens is 195 g/mol. The predicted molar refractivity (Wildman–Crippen MR) is 51.6 cm³/mol. The van der Waals surface area contributed by atoms with Gasteiger partial charge in [-0.1, -0.05) is 23.2 Å². The molecular formula is C8H10Cl2N2. The molecule has 0 atom stereocenters. The van der Waals surface area contributed by atoms with E-state index in [0.29, 0.717) is 16.6 Å². The van der Waals surface area contributed by atoms with E-state index in [0.717, 1.165) is 18.4 Å². The summed E-state index contributed by atoms with van der Waals surface area (Å²) in [6, 6.07) is 0. The predicted octanol–water partition coefficient (Wildman–Crippen LogP) is 2.28. The Hall–Kier alpha value is -0.310. The molecule has 0 aliphatic carbocycles. The second-order valence-electron chi connectivity index (χ2n) is 2.47. The molecule has 0 unspecified atom stereocenters. The van der Waals surface area contributed by atoms with Gasteiger partial charge in [0, 0.05) is 12.4 Å². The molecule has 0 spiro atoms. The lowest BCUT2D eigenvalue weighted by Crippen LogP contribution is -2.01. The Kier molecular flexibility index (Phi) is 3.79. The first kappa shape index (κ1) is 9.78. The molecule has 0 aliphatic heterocycles. The molecule has 0 fully saturated rings. The van der Waals surface area contributed by atoms with E-state index in [1.807, 2.05) is 0 Å². The molecule has 0 amide bonds. The van der Waals surface area contributed by atoms with Gasteiger partial charge in [-0.25, -0.2) is 0 Å². The van der Waals surface area contributed by atoms with Gasteiger partial charge in [-0.15, -0.1) is 0 Å². The lowest BCUT2D eigenvalue weighted by Gasteiger charge is -2.03. The summed E-state index contributed by atoms with van der Waals surface area (Å²) in [6.07, 6.45) is 4.90. The van der Waals surface area contributed by atoms with E-state index in [2.05, 4.69) is 4.98 Å². The third-order valence-electron chi connectivity index (χ3n) is 1.58. The summed E-state index contributed by atoms with van der Waals surface area (Å²) in [5.41, 5.74) is 6.32. The van der Waals surface area contributed by atoms with E-state index in [4.69, 9.17) is 28.9 Å². The standard InChI is InChI=1S/C8H10Cl2N2/c9-7-4-12-5-8(10)6(7)2-1-3-11/h4-5H,1-3,11H2. The summed E-state index contributed by atoms with van der Waals surface area (Å²) in [6.45, 7) is 0.648. The van der Waals surface area contributed by atoms with Crippen LogP contribution in [0.15, 0.2) is 12.4 Å². The lowest BCUT2D eigenvalue weighted by molar-refractivity contribution is 0.831. The van der Waals surface area contributed by atoms with E-state index < -0.39 is 0 Å². The largest absolute Gasteiger partial charge is 0.330 e. The zero-order chi connectivity index (χ0) is 8.97. The molecule has 12 heavy (non-hydrogen) atoms. The zero-order valence-corrected chi connectivity index (χ0v) is 8.07. The molecule has 2 N–H and O–H groups in total. The second-order valence-corrected chi connectivity index (χ2v) is 3.29. The van der Waals surface area contributed by atoms with Crippen molar-refractivity contribution in [2.24, 2.45) is 5.73 Å². The van der Waals surface area contributed by atoms with Crippen LogP contribution in [-0.2, 0) is 6.42 Å². The van der Waals surface area contributed by atoms with Crippen LogP contribution in [0.1, 0.15) is 12.0 Å². The fourth-order valence-corrected chi connectivity index (χ4v) is 1.51. The number of pyridine rings is 1. The van der Waals surface area contributed by atoms with E-state index >= 15 is 0 Å². The first-order chi connectivity index (χ1) is 5.75. The van der Waals surface area contributed by atoms with Gasteiger partial charge in [0.25, 0.3) is 0 Å². The van der Waals surface area contributed by atoms with Gasteiger partial charge in [0.15, 0.2) is 0 Å². The van der Waals surface area contributed by atoms with Gasteiger partial charge >= 0.3 is 0 Å². The van der Waals surface area contributed by atoms with E-state index in [-0.39, 0.29) is 0 Å². The average Bonchev–Trinajstić information content (AvgIpc) is 2.04. The van der Waals surface area contributed by atoms with Crippen molar-refractivity contribution < 1.29 is 0 Å². The number of nitrogens with two attached hydrogens (primary N) is 1. The van der Waals surface area contributed by atoms with Gasteiger partial charge in [-0.3, -0.25) is 4.98 Å². The molecule has 0 bridgehead atoms. The fraction of sp³-hybridized carbons (Fsp3) is 0.375. The van der Waals surface area contributed by atoms with Crippen LogP contribution in [0, 0.1) is 0 Å². The number of hydrogen-bond acceptors (Lipinski definition) is 2. The maximum Gasteiger partial charge on any atom is 0.0636 e. The minimum Gasteiger partial charge on any atom is -0.330 e. The highest BCUT2D eigenvalue weighted by atomic mass is 35.5. The molecule has 0 aliphatic rings. The Labute approximate surface area is 81.7 Å². The van der Waals surface area contributed by atoms with Crippen molar-refractivity contribution in [3.05, 3.63) is 28.0 Å². The Bertz CT molecular complexity index is 243. The van der Waals surface area contributed by atoms with Crippen LogP contribution in [0.3, 0.4) is 0 Å². The summed E-state index contributed by atoms with van der Waals surface area (Å²) in [4.78, 5) is 3.86. The Balaban J connectivity index is 2.81. The minimum atomic E-state index is 0.621. The monoisotopic (exact) mass is 204 g/mol. The highest BCUT2D eigenvalue weighted by Gasteiger charge is 2.04. The molecule has 1 aromatic rings. The number of aromatic nitrogens is 1. The number of hydrogen-bond donors (Lipinski definition) is 1. The average molecular weight is 205 g/mol. The zero-order valence-electron chi connectivity index (χ0n) is 6.56. The summed E-state index contributed by atoms with van der Waals surface area (Å²) in [7, 11) is 0. The van der Waals surface area contributed by atoms with Crippen molar-refractivity contribution in [3.8, 4) is 0 Å². The van der Waals surface area contributed by atoms with E-state index in [1.54, 1.807) is 12.4 Å². The summed E-state index contributed by atoms with van der Waals surface area (Å²) in [5.74, 6) is 0. The molecule has 0 saturated heterocycles. The molecule has 1 rings (SSSR count). The molecule has 4 heteroatoms. The summed E-state index contributed by atoms with van der Waals surface area (Å²) >= 11 is 11.8. The van der Waals surface area contributed by atoms with Crippen molar-refractivity contribution >= 4 is 23.2 Å². The highest BCUT2D eigenvalue weighted by Crippen LogP contribution is 2.23. The Morgan fingerprint density at radius 3 is 2.33 bits per heavy atom. The molecule has 2 nitrogen and oxygen atoms in total. The van der Waals surface area contributed by atoms with Crippen molar-refractivity contribution in [1.82, 2.24) is 4.98 Å². The van der Waals surface area contributed by atoms with Crippen LogP contribution in [0.25, 0.3) is 0 Å². The van der Waals surface area contributed by atoms with Crippen LogP contribution >= 0.6 is 23.2 Å². The molecule has 0 aromatic carbocycles. The van der Waals surface area contributed by atoms with Crippen LogP contribution < -0.4 is 5.73 Å². The van der Waals surface area contributed by atoms with Gasteiger partial charge in [-0.05, 0) is 24.9 Å². The molecule has 0 saturated carbocycles. The third kappa shape index (κ3) is 2.34. The van der Waals surface area contributed by atoms with Crippen LogP contribution in [0.2, 0.25) is 10.0 Å². The van der Waals surface area contributed by atoms with Crippen molar-refractivity contribution in [2.75, 3.05) is 6.54 Å². The number of nitrogens with zero attached hydrogens (tertiary/aromatic N) is 1. The number of halogens is 2. The van der Waals surface area contributed by atoms with E-state index in [1.165, 1.54) is 0 Å². The van der Waals surface area contributed by atoms with Crippen molar-refractivity contribution in [1.29, 1.82) is 0 Å². The van der Waals surface area contributed by atoms with Gasteiger partial charge in [0.2, 0.25) is 0 Å². The maximum atomic E-state index is 5.88. The maximum absolute atomic E-state index is 5.88. The highest BCUT2D eigenvalue weighted by molar-refractivity contribution is 6.35. The first-order valence-corrected chi connectivity index (χ1v) is 4.49. The molecule has 0 radical (unpaired) electrons. The molecule has 1 aromatic heterocycles. The second kappa shape index (κ2) is 4.65. The van der Waals surface area contributed by atoms with Gasteiger partial charge in [0.05, 0.1) is 10.0 Å². The minimum absolute atomic E-state index is 0.621. The Morgan fingerprint density at radius 1 is 1.25 bits per heavy atom. The SMILES string of the molecule is NCCCc1c(Cl)cncc1Cl. The third-order valence-corrected chi connectivity index (χ3v) is 2.23. The van der Waals surface area contributed by atoms with Gasteiger partial charge < -0.3 is 5.73 Å². The summed E-state index contributed by atoms with van der Waals surface area (Å²) < 4.78 is 0. The van der Waals surface area contributed by atoms with Crippen molar-refractivity contribution in [3.63, 3.8) is 0 Å². The molecule has 66 valence electrons. The van der Waals surface area contributed by atoms with Crippen LogP contribution in [0.5, 0.6) is 0 Å². The van der Waals surface area contributed by atoms with Crippen LogP contribution in [-0.4, -0.2) is 11.5 Å². The lowest BCUT2D eigenvalue weighted by atomic mass is 10.1. The Morgan fingerprint density at radius 2 is 1.83 bits per heavy atom. The number of rotatable bonds is 3. The first-order valence-electron chi connectivity index (χ1n) is 3.73. The summed E-state index contributed by atoms with van der Waals surface area (Å²) in [5, 5.41) is 1.24. The van der Waals surface area contributed by atoms with Crippen molar-refractivity contribution in [2.45, 2.75) is 12.8 Å². The topological polar surface area (TPSA) is 38.9 Å². The quantitative estimate of drug-likeness (QED) is 0.821.